The van der Waals surface area contributed by atoms with E-state index in [0.717, 1.165) is 59.9 Å². The molecule has 0 aliphatic carbocycles. The van der Waals surface area contributed by atoms with E-state index in [-0.39, 0.29) is 5.60 Å². The summed E-state index contributed by atoms with van der Waals surface area (Å²) in [6.07, 6.45) is -3.35. The van der Waals surface area contributed by atoms with Gasteiger partial charge in [0.2, 0.25) is 0 Å². The first-order valence-electron chi connectivity index (χ1n) is 11.6. The maximum atomic E-state index is 13.0. The molecule has 0 aromatic heterocycles. The van der Waals surface area contributed by atoms with E-state index < -0.39 is 11.7 Å². The fourth-order valence-corrected chi connectivity index (χ4v) is 4.22. The molecule has 0 bridgehead atoms. The zero-order valence-corrected chi connectivity index (χ0v) is 20.2. The van der Waals surface area contributed by atoms with E-state index in [2.05, 4.69) is 16.8 Å². The normalized spacial score (nSPS) is 19.0. The number of aliphatic imine (C=N–C) groups is 1. The fraction of sp³-hybridized carbons (Fsp3) is 0.500. The number of rotatable bonds is 4. The Labute approximate surface area is 199 Å². The number of hydrogen-bond donors (Lipinski definition) is 0. The van der Waals surface area contributed by atoms with Gasteiger partial charge in [-0.15, -0.1) is 0 Å². The van der Waals surface area contributed by atoms with Crippen molar-refractivity contribution in [3.63, 3.8) is 0 Å². The van der Waals surface area contributed by atoms with Crippen LogP contribution >= 0.6 is 0 Å². The second-order valence-corrected chi connectivity index (χ2v) is 9.87. The Morgan fingerprint density at radius 1 is 1.09 bits per heavy atom. The van der Waals surface area contributed by atoms with Gasteiger partial charge < -0.3 is 14.4 Å². The average molecular weight is 476 g/mol. The Morgan fingerprint density at radius 2 is 1.79 bits per heavy atom. The van der Waals surface area contributed by atoms with Crippen LogP contribution in [-0.4, -0.2) is 67.3 Å². The van der Waals surface area contributed by atoms with Crippen LogP contribution in [0.3, 0.4) is 0 Å². The van der Waals surface area contributed by atoms with Crippen molar-refractivity contribution < 1.29 is 22.6 Å². The smallest absolute Gasteiger partial charge is 0.416 e. The highest BCUT2D eigenvalue weighted by Gasteiger charge is 2.32. The maximum Gasteiger partial charge on any atom is 0.416 e. The third-order valence-corrected chi connectivity index (χ3v) is 6.16. The summed E-state index contributed by atoms with van der Waals surface area (Å²) in [5.41, 5.74) is 1.58. The summed E-state index contributed by atoms with van der Waals surface area (Å²) in [7, 11) is 2.08. The van der Waals surface area contributed by atoms with Crippen LogP contribution in [0.15, 0.2) is 47.5 Å². The van der Waals surface area contributed by atoms with Crippen LogP contribution in [0, 0.1) is 0 Å². The highest BCUT2D eigenvalue weighted by Crippen LogP contribution is 2.33. The lowest BCUT2D eigenvalue weighted by atomic mass is 10.00. The summed E-state index contributed by atoms with van der Waals surface area (Å²) in [6, 6.07) is 11.3. The van der Waals surface area contributed by atoms with Gasteiger partial charge in [0.1, 0.15) is 18.2 Å². The van der Waals surface area contributed by atoms with E-state index in [0.29, 0.717) is 25.9 Å². The highest BCUT2D eigenvalue weighted by molar-refractivity contribution is 6.02. The van der Waals surface area contributed by atoms with Crippen molar-refractivity contribution in [3.05, 3.63) is 53.6 Å². The minimum absolute atomic E-state index is 0.192. The molecule has 2 aromatic rings. The zero-order chi connectivity index (χ0) is 24.5. The van der Waals surface area contributed by atoms with Crippen LogP contribution in [0.25, 0.3) is 11.1 Å². The summed E-state index contributed by atoms with van der Waals surface area (Å²) in [5.74, 6) is 1.63. The van der Waals surface area contributed by atoms with Gasteiger partial charge in [-0.2, -0.15) is 13.2 Å². The van der Waals surface area contributed by atoms with E-state index in [9.17, 15) is 13.2 Å². The second kappa shape index (κ2) is 9.58. The van der Waals surface area contributed by atoms with Gasteiger partial charge in [0.05, 0.1) is 30.0 Å². The van der Waals surface area contributed by atoms with Crippen molar-refractivity contribution in [1.29, 1.82) is 0 Å². The van der Waals surface area contributed by atoms with Crippen LogP contribution in [0.1, 0.15) is 38.3 Å². The maximum absolute atomic E-state index is 13.0. The predicted octanol–water partition coefficient (Wildman–Crippen LogP) is 5.29. The molecule has 0 radical (unpaired) electrons. The Morgan fingerprint density at radius 3 is 2.47 bits per heavy atom. The monoisotopic (exact) mass is 475 g/mol. The molecule has 0 unspecified atom stereocenters. The first kappa shape index (κ1) is 24.5. The largest absolute Gasteiger partial charge is 0.491 e. The number of ether oxygens (including phenoxy) is 2. The van der Waals surface area contributed by atoms with Gasteiger partial charge in [0.25, 0.3) is 0 Å². The van der Waals surface area contributed by atoms with Gasteiger partial charge in [-0.3, -0.25) is 9.89 Å². The number of likely N-dealkylation sites (N-methyl/N-ethyl adjacent to an activating group) is 1. The number of nitrogens with zero attached hydrogens (tertiary/aromatic N) is 3. The molecule has 2 heterocycles. The van der Waals surface area contributed by atoms with Crippen LogP contribution in [0.4, 0.5) is 13.2 Å². The topological polar surface area (TPSA) is 37.3 Å². The number of halogens is 3. The zero-order valence-electron chi connectivity index (χ0n) is 20.2. The molecule has 4 rings (SSSR count). The number of benzene rings is 2. The molecule has 8 heteroatoms. The molecule has 0 amide bonds. The molecular weight excluding hydrogens is 443 g/mol. The van der Waals surface area contributed by atoms with Gasteiger partial charge in [-0.05, 0) is 69.6 Å². The number of likely N-dealkylation sites (tertiary alicyclic amines) is 1. The summed E-state index contributed by atoms with van der Waals surface area (Å²) >= 11 is 0. The Bertz CT molecular complexity index is 1030. The second-order valence-electron chi connectivity index (χ2n) is 9.87. The quantitative estimate of drug-likeness (QED) is 0.563. The molecule has 5 nitrogen and oxygen atoms in total. The van der Waals surface area contributed by atoms with Crippen LogP contribution in [-0.2, 0) is 10.9 Å². The Kier molecular flexibility index (Phi) is 6.92. The number of amidine groups is 1. The lowest BCUT2D eigenvalue weighted by molar-refractivity contribution is -0.137. The molecule has 34 heavy (non-hydrogen) atoms. The van der Waals surface area contributed by atoms with E-state index >= 15 is 0 Å². The van der Waals surface area contributed by atoms with Crippen LogP contribution in [0.2, 0.25) is 0 Å². The number of alkyl halides is 3. The molecule has 1 fully saturated rings. The SMILES string of the molecule is CN(COC(C)(C)C)[C@@H]1CCN(C2=NCCOc3ccc(-c4ccc(C(F)(F)F)cc4)cc32)C1. The van der Waals surface area contributed by atoms with Gasteiger partial charge in [0, 0.05) is 19.1 Å². The van der Waals surface area contributed by atoms with E-state index in [1.807, 2.05) is 39.0 Å². The first-order valence-corrected chi connectivity index (χ1v) is 11.6. The summed E-state index contributed by atoms with van der Waals surface area (Å²) in [4.78, 5) is 9.34. The van der Waals surface area contributed by atoms with Crippen molar-refractivity contribution in [2.75, 3.05) is 40.0 Å². The molecule has 0 spiro atoms. The lowest BCUT2D eigenvalue weighted by Gasteiger charge is -2.29. The number of fused-ring (bicyclic) bond motifs is 1. The average Bonchev–Trinajstić information content (AvgIpc) is 3.17. The summed E-state index contributed by atoms with van der Waals surface area (Å²) in [6.45, 7) is 9.45. The van der Waals surface area contributed by atoms with Gasteiger partial charge >= 0.3 is 6.18 Å². The molecule has 0 saturated carbocycles. The Hall–Kier alpha value is -2.58. The van der Waals surface area contributed by atoms with Gasteiger partial charge in [0.15, 0.2) is 0 Å². The van der Waals surface area contributed by atoms with E-state index in [1.54, 1.807) is 0 Å². The van der Waals surface area contributed by atoms with E-state index in [1.165, 1.54) is 12.1 Å². The molecule has 2 aliphatic heterocycles. The minimum Gasteiger partial charge on any atom is -0.491 e. The molecule has 2 aliphatic rings. The van der Waals surface area contributed by atoms with Gasteiger partial charge in [-0.25, -0.2) is 0 Å². The Balaban J connectivity index is 1.55. The summed E-state index contributed by atoms with van der Waals surface area (Å²) < 4.78 is 50.8. The third kappa shape index (κ3) is 5.73. The van der Waals surface area contributed by atoms with Crippen molar-refractivity contribution >= 4 is 5.84 Å². The lowest BCUT2D eigenvalue weighted by Crippen LogP contribution is -2.39. The van der Waals surface area contributed by atoms with Crippen molar-refractivity contribution in [3.8, 4) is 16.9 Å². The van der Waals surface area contributed by atoms with Crippen molar-refractivity contribution in [2.45, 2.75) is 45.0 Å². The highest BCUT2D eigenvalue weighted by atomic mass is 19.4. The number of hydrogen-bond acceptors (Lipinski definition) is 5. The van der Waals surface area contributed by atoms with Gasteiger partial charge in [-0.1, -0.05) is 18.2 Å². The van der Waals surface area contributed by atoms with E-state index in [4.69, 9.17) is 14.5 Å². The third-order valence-electron chi connectivity index (χ3n) is 6.16. The fourth-order valence-electron chi connectivity index (χ4n) is 4.22. The molecule has 1 saturated heterocycles. The van der Waals surface area contributed by atoms with Crippen molar-refractivity contribution in [2.24, 2.45) is 4.99 Å². The standard InChI is InChI=1S/C26H32F3N3O2/c1-25(2,3)34-17-31(4)21-11-13-32(16-21)24-22-15-19(7-10-23(22)33-14-12-30-24)18-5-8-20(9-6-18)26(27,28)29/h5-10,15,21H,11-14,16-17H2,1-4H3/t21-/m1/s1. The molecule has 184 valence electrons. The van der Waals surface area contributed by atoms with Crippen LogP contribution < -0.4 is 4.74 Å². The first-order chi connectivity index (χ1) is 16.0. The van der Waals surface area contributed by atoms with Crippen LogP contribution in [0.5, 0.6) is 5.75 Å². The minimum atomic E-state index is -4.35. The molecule has 1 atom stereocenters. The predicted molar refractivity (Wildman–Crippen MR) is 127 cm³/mol. The molecule has 2 aromatic carbocycles. The summed E-state index contributed by atoms with van der Waals surface area (Å²) in [5, 5.41) is 0. The molecular formula is C26H32F3N3O2. The molecule has 0 N–H and O–H groups in total. The van der Waals surface area contributed by atoms with Crippen molar-refractivity contribution in [1.82, 2.24) is 9.80 Å².